The van der Waals surface area contributed by atoms with Gasteiger partial charge in [-0.3, -0.25) is 9.59 Å². The van der Waals surface area contributed by atoms with Crippen molar-refractivity contribution >= 4 is 17.5 Å². The van der Waals surface area contributed by atoms with E-state index in [2.05, 4.69) is 4.98 Å². The van der Waals surface area contributed by atoms with Crippen LogP contribution in [-0.4, -0.2) is 44.1 Å². The van der Waals surface area contributed by atoms with E-state index in [0.29, 0.717) is 12.1 Å². The number of imidazole rings is 1. The van der Waals surface area contributed by atoms with Gasteiger partial charge in [0, 0.05) is 24.3 Å². The van der Waals surface area contributed by atoms with Crippen molar-refractivity contribution in [1.82, 2.24) is 19.0 Å². The zero-order valence-corrected chi connectivity index (χ0v) is 19.2. The van der Waals surface area contributed by atoms with E-state index in [1.54, 1.807) is 27.8 Å². The van der Waals surface area contributed by atoms with Gasteiger partial charge in [-0.25, -0.2) is 4.98 Å². The molecule has 0 aliphatic carbocycles. The molecule has 7 nitrogen and oxygen atoms in total. The summed E-state index contributed by atoms with van der Waals surface area (Å²) in [6, 6.07) is 5.97. The molecule has 0 N–H and O–H groups in total. The molecule has 1 aliphatic heterocycles. The Balaban J connectivity index is 1.55. The van der Waals surface area contributed by atoms with Gasteiger partial charge in [-0.05, 0) is 43.7 Å². The third-order valence-electron chi connectivity index (χ3n) is 5.78. The highest BCUT2D eigenvalue weighted by Crippen LogP contribution is 2.38. The minimum atomic E-state index is -4.63. The SMILES string of the molecule is CCC(COc1ccc(Cl)cc1C(F)(F)F)N1CCn2c(ccc(-n3cnc(C)c3)c2=O)C1=O. The first-order chi connectivity index (χ1) is 16.1. The van der Waals surface area contributed by atoms with E-state index < -0.39 is 17.8 Å². The Hall–Kier alpha value is -3.27. The van der Waals surface area contributed by atoms with Crippen LogP contribution in [0.5, 0.6) is 5.75 Å². The molecule has 0 saturated carbocycles. The summed E-state index contributed by atoms with van der Waals surface area (Å²) in [5.41, 5.74) is 0.0628. The van der Waals surface area contributed by atoms with Crippen LogP contribution in [0.15, 0.2) is 47.7 Å². The molecule has 4 rings (SSSR count). The first-order valence-corrected chi connectivity index (χ1v) is 11.0. The molecular weight excluding hydrogens is 473 g/mol. The summed E-state index contributed by atoms with van der Waals surface area (Å²) in [5.74, 6) is -0.726. The smallest absolute Gasteiger partial charge is 0.420 e. The predicted octanol–water partition coefficient (Wildman–Crippen LogP) is 4.33. The van der Waals surface area contributed by atoms with Crippen LogP contribution in [0.3, 0.4) is 0 Å². The average Bonchev–Trinajstić information content (AvgIpc) is 3.22. The number of benzene rings is 1. The number of ether oxygens (including phenoxy) is 1. The molecule has 1 amide bonds. The Morgan fingerprint density at radius 2 is 1.94 bits per heavy atom. The second kappa shape index (κ2) is 9.17. The van der Waals surface area contributed by atoms with Crippen molar-refractivity contribution < 1.29 is 22.7 Å². The molecule has 11 heteroatoms. The number of amides is 1. The second-order valence-corrected chi connectivity index (χ2v) is 8.43. The van der Waals surface area contributed by atoms with Crippen LogP contribution in [0.1, 0.15) is 35.1 Å². The highest BCUT2D eigenvalue weighted by atomic mass is 35.5. The largest absolute Gasteiger partial charge is 0.491 e. The third kappa shape index (κ3) is 4.54. The van der Waals surface area contributed by atoms with E-state index in [-0.39, 0.29) is 47.6 Å². The van der Waals surface area contributed by atoms with E-state index in [4.69, 9.17) is 16.3 Å². The zero-order valence-electron chi connectivity index (χ0n) is 18.5. The van der Waals surface area contributed by atoms with Crippen LogP contribution in [0.4, 0.5) is 13.2 Å². The summed E-state index contributed by atoms with van der Waals surface area (Å²) in [4.78, 5) is 31.9. The van der Waals surface area contributed by atoms with Crippen molar-refractivity contribution in [2.24, 2.45) is 0 Å². The van der Waals surface area contributed by atoms with Gasteiger partial charge in [-0.1, -0.05) is 18.5 Å². The number of hydrogen-bond donors (Lipinski definition) is 0. The normalized spacial score (nSPS) is 14.8. The Labute approximate surface area is 198 Å². The van der Waals surface area contributed by atoms with Crippen LogP contribution in [0.25, 0.3) is 5.69 Å². The highest BCUT2D eigenvalue weighted by Gasteiger charge is 2.36. The number of carbonyl (C=O) groups excluding carboxylic acids is 1. The summed E-state index contributed by atoms with van der Waals surface area (Å²) >= 11 is 5.72. The molecular formula is C23H22ClF3N4O3. The van der Waals surface area contributed by atoms with E-state index in [1.165, 1.54) is 23.0 Å². The molecule has 0 radical (unpaired) electrons. The summed E-state index contributed by atoms with van der Waals surface area (Å²) in [7, 11) is 0. The average molecular weight is 495 g/mol. The minimum absolute atomic E-state index is 0.0507. The maximum absolute atomic E-state index is 13.4. The monoisotopic (exact) mass is 494 g/mol. The highest BCUT2D eigenvalue weighted by molar-refractivity contribution is 6.30. The van der Waals surface area contributed by atoms with Gasteiger partial charge in [-0.15, -0.1) is 0 Å². The third-order valence-corrected chi connectivity index (χ3v) is 6.01. The molecule has 1 unspecified atom stereocenters. The van der Waals surface area contributed by atoms with Crippen LogP contribution in [0.2, 0.25) is 5.02 Å². The van der Waals surface area contributed by atoms with E-state index in [1.807, 2.05) is 13.8 Å². The zero-order chi connectivity index (χ0) is 24.6. The van der Waals surface area contributed by atoms with Gasteiger partial charge in [0.1, 0.15) is 23.7 Å². The fraction of sp³-hybridized carbons (Fsp3) is 0.348. The number of nitrogens with zero attached hydrogens (tertiary/aromatic N) is 4. The molecule has 1 aromatic carbocycles. The number of halogens is 4. The van der Waals surface area contributed by atoms with E-state index >= 15 is 0 Å². The van der Waals surface area contributed by atoms with E-state index in [9.17, 15) is 22.8 Å². The lowest BCUT2D eigenvalue weighted by molar-refractivity contribution is -0.139. The number of alkyl halides is 3. The molecule has 0 spiro atoms. The van der Waals surface area contributed by atoms with Crippen LogP contribution in [-0.2, 0) is 12.7 Å². The van der Waals surface area contributed by atoms with Gasteiger partial charge < -0.3 is 18.8 Å². The Kier molecular flexibility index (Phi) is 6.44. The van der Waals surface area contributed by atoms with Crippen LogP contribution >= 0.6 is 11.6 Å². The summed E-state index contributed by atoms with van der Waals surface area (Å²) in [6.45, 7) is 3.98. The molecule has 3 heterocycles. The quantitative estimate of drug-likeness (QED) is 0.511. The number of aromatic nitrogens is 3. The molecule has 0 bridgehead atoms. The predicted molar refractivity (Wildman–Crippen MR) is 120 cm³/mol. The maximum atomic E-state index is 13.4. The maximum Gasteiger partial charge on any atom is 0.420 e. The summed E-state index contributed by atoms with van der Waals surface area (Å²) in [6.07, 6.45) is -0.921. The number of aryl methyl sites for hydroxylation is 1. The van der Waals surface area contributed by atoms with E-state index in [0.717, 1.165) is 11.8 Å². The number of carbonyl (C=O) groups is 1. The molecule has 1 aliphatic rings. The van der Waals surface area contributed by atoms with Gasteiger partial charge in [-0.2, -0.15) is 13.2 Å². The molecule has 2 aromatic heterocycles. The number of hydrogen-bond acceptors (Lipinski definition) is 4. The van der Waals surface area contributed by atoms with Gasteiger partial charge >= 0.3 is 6.18 Å². The standard InChI is InChI=1S/C23H22ClF3N4O3/c1-3-16(12-34-20-7-4-15(24)10-17(20)23(25,26)27)30-8-9-31-19(22(30)33)6-5-18(21(31)32)29-11-14(2)28-13-29/h4-7,10-11,13,16H,3,8-9,12H2,1-2H3. The Morgan fingerprint density at radius 3 is 2.59 bits per heavy atom. The Bertz CT molecular complexity index is 1290. The number of fused-ring (bicyclic) bond motifs is 1. The van der Waals surface area contributed by atoms with Crippen LogP contribution < -0.4 is 10.3 Å². The van der Waals surface area contributed by atoms with Crippen molar-refractivity contribution in [1.29, 1.82) is 0 Å². The number of rotatable bonds is 6. The van der Waals surface area contributed by atoms with Gasteiger partial charge in [0.15, 0.2) is 0 Å². The van der Waals surface area contributed by atoms with Gasteiger partial charge in [0.2, 0.25) is 0 Å². The summed E-state index contributed by atoms with van der Waals surface area (Å²) < 4.78 is 48.6. The Morgan fingerprint density at radius 1 is 1.18 bits per heavy atom. The molecule has 1 atom stereocenters. The molecule has 34 heavy (non-hydrogen) atoms. The van der Waals surface area contributed by atoms with Crippen molar-refractivity contribution in [3.8, 4) is 11.4 Å². The van der Waals surface area contributed by atoms with Gasteiger partial charge in [0.05, 0.1) is 23.6 Å². The van der Waals surface area contributed by atoms with Crippen molar-refractivity contribution in [3.05, 3.63) is 75.2 Å². The van der Waals surface area contributed by atoms with Gasteiger partial charge in [0.25, 0.3) is 11.5 Å². The fourth-order valence-corrected chi connectivity index (χ4v) is 4.17. The first-order valence-electron chi connectivity index (χ1n) is 10.7. The summed E-state index contributed by atoms with van der Waals surface area (Å²) in [5, 5.41) is -0.0507. The van der Waals surface area contributed by atoms with Crippen LogP contribution in [0, 0.1) is 6.92 Å². The fourth-order valence-electron chi connectivity index (χ4n) is 3.99. The lowest BCUT2D eigenvalue weighted by atomic mass is 10.1. The second-order valence-electron chi connectivity index (χ2n) is 7.99. The molecule has 0 fully saturated rings. The molecule has 180 valence electrons. The minimum Gasteiger partial charge on any atom is -0.491 e. The number of pyridine rings is 1. The van der Waals surface area contributed by atoms with Crippen molar-refractivity contribution in [3.63, 3.8) is 0 Å². The van der Waals surface area contributed by atoms with Crippen molar-refractivity contribution in [2.75, 3.05) is 13.2 Å². The van der Waals surface area contributed by atoms with Crippen molar-refractivity contribution in [2.45, 2.75) is 39.0 Å². The first kappa shape index (κ1) is 23.9. The molecule has 0 saturated heterocycles. The lowest BCUT2D eigenvalue weighted by Crippen LogP contribution is -2.51. The topological polar surface area (TPSA) is 69.4 Å². The lowest BCUT2D eigenvalue weighted by Gasteiger charge is -2.35. The molecule has 3 aromatic rings.